The molecule has 5 nitrogen and oxygen atoms in total. The van der Waals surface area contributed by atoms with Gasteiger partial charge in [-0.05, 0) is 23.8 Å². The van der Waals surface area contributed by atoms with Gasteiger partial charge in [-0.15, -0.1) is 0 Å². The number of carboxylic acids is 1. The number of aromatic amines is 1. The first-order valence-corrected chi connectivity index (χ1v) is 6.07. The van der Waals surface area contributed by atoms with Gasteiger partial charge in [0.2, 0.25) is 5.43 Å². The zero-order valence-electron chi connectivity index (χ0n) is 10.6. The van der Waals surface area contributed by atoms with Crippen molar-refractivity contribution in [3.8, 4) is 11.1 Å². The van der Waals surface area contributed by atoms with Crippen LogP contribution in [0.15, 0.2) is 47.5 Å². The summed E-state index contributed by atoms with van der Waals surface area (Å²) in [6.45, 7) is 0. The molecule has 0 atom stereocenters. The number of nitrogens with zero attached hydrogens (tertiary/aromatic N) is 1. The zero-order valence-corrected chi connectivity index (χ0v) is 10.6. The van der Waals surface area contributed by atoms with Crippen molar-refractivity contribution in [1.29, 1.82) is 0 Å². The highest BCUT2D eigenvalue weighted by Gasteiger charge is 2.12. The van der Waals surface area contributed by atoms with Gasteiger partial charge >= 0.3 is 5.97 Å². The van der Waals surface area contributed by atoms with Crippen LogP contribution in [0.25, 0.3) is 22.2 Å². The first-order valence-electron chi connectivity index (χ1n) is 6.07. The molecule has 0 saturated heterocycles. The average molecular weight is 284 g/mol. The number of H-pyrrole nitrogens is 1. The molecule has 1 aromatic carbocycles. The third-order valence-electron chi connectivity index (χ3n) is 3.14. The first-order chi connectivity index (χ1) is 10.1. The predicted octanol–water partition coefficient (Wildman–Crippen LogP) is 2.43. The van der Waals surface area contributed by atoms with Crippen LogP contribution in [0.1, 0.15) is 10.4 Å². The molecule has 0 aliphatic rings. The fourth-order valence-corrected chi connectivity index (χ4v) is 2.06. The second-order valence-corrected chi connectivity index (χ2v) is 4.46. The van der Waals surface area contributed by atoms with Gasteiger partial charge in [0.15, 0.2) is 0 Å². The number of carboxylic acid groups (broad SMARTS) is 1. The second kappa shape index (κ2) is 4.82. The van der Waals surface area contributed by atoms with Crippen molar-refractivity contribution >= 4 is 17.0 Å². The standard InChI is InChI=1S/C15H9FN2O3/c16-10-3-1-8(2-4-10)9-5-11-13(19)12(15(20)21)7-18-14(11)17-6-9/h1-7H,(H,20,21)(H,17,18,19). The number of pyridine rings is 2. The maximum absolute atomic E-state index is 12.9. The van der Waals surface area contributed by atoms with Crippen molar-refractivity contribution in [3.63, 3.8) is 0 Å². The van der Waals surface area contributed by atoms with Gasteiger partial charge < -0.3 is 10.1 Å². The van der Waals surface area contributed by atoms with Gasteiger partial charge in [-0.2, -0.15) is 0 Å². The Kier molecular flexibility index (Phi) is 2.98. The molecule has 3 aromatic rings. The SMILES string of the molecule is O=C(O)c1c[nH]c2ncc(-c3ccc(F)cc3)cc2c1=O. The summed E-state index contributed by atoms with van der Waals surface area (Å²) in [6.07, 6.45) is 2.66. The fourth-order valence-electron chi connectivity index (χ4n) is 2.06. The first kappa shape index (κ1) is 13.0. The summed E-state index contributed by atoms with van der Waals surface area (Å²) < 4.78 is 12.9. The van der Waals surface area contributed by atoms with Gasteiger partial charge in [-0.3, -0.25) is 4.79 Å². The van der Waals surface area contributed by atoms with E-state index in [0.29, 0.717) is 16.8 Å². The molecule has 2 N–H and O–H groups in total. The maximum Gasteiger partial charge on any atom is 0.341 e. The highest BCUT2D eigenvalue weighted by molar-refractivity contribution is 5.92. The molecule has 3 rings (SSSR count). The Morgan fingerprint density at radius 2 is 1.90 bits per heavy atom. The Bertz CT molecular complexity index is 901. The fraction of sp³-hybridized carbons (Fsp3) is 0. The minimum absolute atomic E-state index is 0.178. The quantitative estimate of drug-likeness (QED) is 0.757. The van der Waals surface area contributed by atoms with Crippen molar-refractivity contribution in [3.05, 3.63) is 64.3 Å². The molecular weight excluding hydrogens is 275 g/mol. The maximum atomic E-state index is 12.9. The number of benzene rings is 1. The smallest absolute Gasteiger partial charge is 0.341 e. The van der Waals surface area contributed by atoms with E-state index < -0.39 is 11.4 Å². The molecular formula is C15H9FN2O3. The van der Waals surface area contributed by atoms with E-state index >= 15 is 0 Å². The molecule has 0 fully saturated rings. The monoisotopic (exact) mass is 284 g/mol. The van der Waals surface area contributed by atoms with Crippen LogP contribution in [0, 0.1) is 5.82 Å². The summed E-state index contributed by atoms with van der Waals surface area (Å²) in [5.74, 6) is -1.66. The van der Waals surface area contributed by atoms with Crippen molar-refractivity contribution in [2.75, 3.05) is 0 Å². The summed E-state index contributed by atoms with van der Waals surface area (Å²) in [5.41, 5.74) is 0.644. The normalized spacial score (nSPS) is 10.7. The highest BCUT2D eigenvalue weighted by Crippen LogP contribution is 2.21. The van der Waals surface area contributed by atoms with E-state index in [-0.39, 0.29) is 16.8 Å². The molecule has 2 heterocycles. The van der Waals surface area contributed by atoms with E-state index in [9.17, 15) is 14.0 Å². The molecule has 0 saturated carbocycles. The molecule has 21 heavy (non-hydrogen) atoms. The number of nitrogens with one attached hydrogen (secondary N) is 1. The number of aromatic carboxylic acids is 1. The van der Waals surface area contributed by atoms with E-state index in [0.717, 1.165) is 6.20 Å². The molecule has 2 aromatic heterocycles. The third-order valence-corrected chi connectivity index (χ3v) is 3.14. The van der Waals surface area contributed by atoms with Crippen LogP contribution in [0.2, 0.25) is 0 Å². The summed E-state index contributed by atoms with van der Waals surface area (Å²) in [5, 5.41) is 9.14. The summed E-state index contributed by atoms with van der Waals surface area (Å²) in [7, 11) is 0. The van der Waals surface area contributed by atoms with Gasteiger partial charge in [-0.25, -0.2) is 14.2 Å². The number of hydrogen-bond donors (Lipinski definition) is 2. The van der Waals surface area contributed by atoms with Crippen molar-refractivity contribution < 1.29 is 14.3 Å². The lowest BCUT2D eigenvalue weighted by molar-refractivity contribution is 0.0695. The molecule has 104 valence electrons. The molecule has 6 heteroatoms. The number of fused-ring (bicyclic) bond motifs is 1. The summed E-state index contributed by atoms with van der Waals surface area (Å²) >= 11 is 0. The predicted molar refractivity (Wildman–Crippen MR) is 74.7 cm³/mol. The summed E-state index contributed by atoms with van der Waals surface area (Å²) in [4.78, 5) is 29.9. The van der Waals surface area contributed by atoms with Crippen LogP contribution in [0.5, 0.6) is 0 Å². The van der Waals surface area contributed by atoms with Crippen molar-refractivity contribution in [2.24, 2.45) is 0 Å². The van der Waals surface area contributed by atoms with E-state index in [1.165, 1.54) is 18.3 Å². The topological polar surface area (TPSA) is 83.0 Å². The van der Waals surface area contributed by atoms with Gasteiger partial charge in [0.05, 0.1) is 5.39 Å². The van der Waals surface area contributed by atoms with Gasteiger partial charge in [-0.1, -0.05) is 12.1 Å². The van der Waals surface area contributed by atoms with Crippen molar-refractivity contribution in [1.82, 2.24) is 9.97 Å². The molecule has 0 aliphatic heterocycles. The molecule has 0 aliphatic carbocycles. The Hall–Kier alpha value is -3.02. The summed E-state index contributed by atoms with van der Waals surface area (Å²) in [6, 6.07) is 7.27. The van der Waals surface area contributed by atoms with E-state index in [1.54, 1.807) is 18.2 Å². The number of aromatic nitrogens is 2. The minimum atomic E-state index is -1.30. The van der Waals surface area contributed by atoms with E-state index in [4.69, 9.17) is 5.11 Å². The lowest BCUT2D eigenvalue weighted by Gasteiger charge is -2.04. The van der Waals surface area contributed by atoms with Crippen LogP contribution in [-0.4, -0.2) is 21.0 Å². The molecule has 0 amide bonds. The lowest BCUT2D eigenvalue weighted by Crippen LogP contribution is -2.15. The molecule has 0 spiro atoms. The van der Waals surface area contributed by atoms with Gasteiger partial charge in [0, 0.05) is 18.0 Å². The number of carbonyl (C=O) groups is 1. The molecule has 0 bridgehead atoms. The average Bonchev–Trinajstić information content (AvgIpc) is 2.48. The third kappa shape index (κ3) is 2.27. The highest BCUT2D eigenvalue weighted by atomic mass is 19.1. The van der Waals surface area contributed by atoms with Crippen LogP contribution in [0.3, 0.4) is 0 Å². The number of hydrogen-bond acceptors (Lipinski definition) is 3. The minimum Gasteiger partial charge on any atom is -0.477 e. The van der Waals surface area contributed by atoms with Crippen LogP contribution >= 0.6 is 0 Å². The largest absolute Gasteiger partial charge is 0.477 e. The van der Waals surface area contributed by atoms with Crippen LogP contribution in [-0.2, 0) is 0 Å². The zero-order chi connectivity index (χ0) is 15.0. The van der Waals surface area contributed by atoms with E-state index in [2.05, 4.69) is 9.97 Å². The van der Waals surface area contributed by atoms with Crippen LogP contribution in [0.4, 0.5) is 4.39 Å². The van der Waals surface area contributed by atoms with Crippen LogP contribution < -0.4 is 5.43 Å². The Labute approximate surface area is 117 Å². The Balaban J connectivity index is 2.23. The van der Waals surface area contributed by atoms with E-state index in [1.807, 2.05) is 0 Å². The van der Waals surface area contributed by atoms with Gasteiger partial charge in [0.1, 0.15) is 17.0 Å². The Morgan fingerprint density at radius 1 is 1.19 bits per heavy atom. The number of halogens is 1. The molecule has 0 unspecified atom stereocenters. The van der Waals surface area contributed by atoms with Crippen molar-refractivity contribution in [2.45, 2.75) is 0 Å². The second-order valence-electron chi connectivity index (χ2n) is 4.46. The lowest BCUT2D eigenvalue weighted by atomic mass is 10.1. The van der Waals surface area contributed by atoms with Gasteiger partial charge in [0.25, 0.3) is 0 Å². The molecule has 0 radical (unpaired) electrons. The number of rotatable bonds is 2. The Morgan fingerprint density at radius 3 is 2.57 bits per heavy atom.